The van der Waals surface area contributed by atoms with Crippen molar-refractivity contribution in [3.05, 3.63) is 83.6 Å². The molecule has 5 rings (SSSR count). The van der Waals surface area contributed by atoms with Gasteiger partial charge in [0.2, 0.25) is 5.88 Å². The lowest BCUT2D eigenvalue weighted by Crippen LogP contribution is -2.43. The highest BCUT2D eigenvalue weighted by molar-refractivity contribution is 5.95. The number of pyridine rings is 3. The summed E-state index contributed by atoms with van der Waals surface area (Å²) in [6, 6.07) is 12.7. The Balaban J connectivity index is 1.39. The molecule has 9 heteroatoms. The van der Waals surface area contributed by atoms with Crippen LogP contribution in [0, 0.1) is 0 Å². The second kappa shape index (κ2) is 10.6. The Morgan fingerprint density at radius 1 is 1.14 bits per heavy atom. The van der Waals surface area contributed by atoms with Crippen molar-refractivity contribution in [2.45, 2.75) is 25.9 Å². The molecular weight excluding hydrogens is 470 g/mol. The molecule has 0 aliphatic carbocycles. The SMILES string of the molecule is CCOC(=O)C[C@@H](c1ccc(OC)nc1)N1CCn2cc(/C=C/c3ccc4cccnc4n3)cc2C1=O. The van der Waals surface area contributed by atoms with E-state index >= 15 is 0 Å². The minimum atomic E-state index is -0.498. The van der Waals surface area contributed by atoms with E-state index in [1.165, 1.54) is 0 Å². The lowest BCUT2D eigenvalue weighted by atomic mass is 10.0. The molecule has 0 saturated carbocycles. The van der Waals surface area contributed by atoms with Crippen LogP contribution in [-0.2, 0) is 16.1 Å². The van der Waals surface area contributed by atoms with Crippen LogP contribution in [0.5, 0.6) is 5.88 Å². The van der Waals surface area contributed by atoms with Gasteiger partial charge in [0.05, 0.1) is 31.9 Å². The number of nitrogens with zero attached hydrogens (tertiary/aromatic N) is 5. The molecule has 0 saturated heterocycles. The zero-order valence-corrected chi connectivity index (χ0v) is 20.7. The molecule has 4 aromatic rings. The van der Waals surface area contributed by atoms with E-state index in [1.54, 1.807) is 37.4 Å². The van der Waals surface area contributed by atoms with Gasteiger partial charge in [0.25, 0.3) is 5.91 Å². The molecule has 1 aliphatic heterocycles. The lowest BCUT2D eigenvalue weighted by molar-refractivity contribution is -0.144. The van der Waals surface area contributed by atoms with Gasteiger partial charge in [0.15, 0.2) is 5.65 Å². The number of amides is 1. The van der Waals surface area contributed by atoms with E-state index in [0.717, 1.165) is 22.2 Å². The van der Waals surface area contributed by atoms with Gasteiger partial charge in [-0.05, 0) is 54.5 Å². The molecular formula is C28H27N5O4. The summed E-state index contributed by atoms with van der Waals surface area (Å²) < 4.78 is 12.3. The van der Waals surface area contributed by atoms with E-state index in [9.17, 15) is 9.59 Å². The number of carbonyl (C=O) groups is 2. The fraction of sp³-hybridized carbons (Fsp3) is 0.250. The molecule has 1 atom stereocenters. The van der Waals surface area contributed by atoms with E-state index in [0.29, 0.717) is 30.3 Å². The van der Waals surface area contributed by atoms with Crippen LogP contribution in [0.3, 0.4) is 0 Å². The number of methoxy groups -OCH3 is 1. The van der Waals surface area contributed by atoms with Crippen LogP contribution in [0.4, 0.5) is 0 Å². The van der Waals surface area contributed by atoms with Gasteiger partial charge in [-0.15, -0.1) is 0 Å². The van der Waals surface area contributed by atoms with Crippen LogP contribution in [0.25, 0.3) is 23.2 Å². The minimum absolute atomic E-state index is 0.0444. The summed E-state index contributed by atoms with van der Waals surface area (Å²) in [5.41, 5.74) is 3.67. The van der Waals surface area contributed by atoms with Crippen molar-refractivity contribution in [3.8, 4) is 5.88 Å². The second-order valence-electron chi connectivity index (χ2n) is 8.63. The predicted molar refractivity (Wildman–Crippen MR) is 139 cm³/mol. The fourth-order valence-corrected chi connectivity index (χ4v) is 4.49. The standard InChI is InChI=1S/C28H27N5O4/c1-3-37-26(34)16-23(21-8-11-25(36-2)30-17-21)33-14-13-32-18-19(15-24(32)28(33)35)6-9-22-10-7-20-5-4-12-29-27(20)31-22/h4-12,15,17-18,23H,3,13-14,16H2,1-2H3/b9-6+/t23-/m0/s1. The van der Waals surface area contributed by atoms with Crippen LogP contribution in [-0.4, -0.2) is 56.6 Å². The van der Waals surface area contributed by atoms with Crippen molar-refractivity contribution in [3.63, 3.8) is 0 Å². The molecule has 188 valence electrons. The molecule has 1 aliphatic rings. The number of esters is 1. The summed E-state index contributed by atoms with van der Waals surface area (Å²) in [4.78, 5) is 40.9. The summed E-state index contributed by atoms with van der Waals surface area (Å²) in [6.45, 7) is 3.11. The quantitative estimate of drug-likeness (QED) is 0.337. The van der Waals surface area contributed by atoms with Crippen molar-refractivity contribution >= 4 is 35.1 Å². The average Bonchev–Trinajstić information content (AvgIpc) is 3.35. The maximum atomic E-state index is 13.6. The number of ether oxygens (including phenoxy) is 2. The maximum absolute atomic E-state index is 13.6. The zero-order chi connectivity index (χ0) is 25.8. The number of hydrogen-bond acceptors (Lipinski definition) is 7. The van der Waals surface area contributed by atoms with Gasteiger partial charge in [-0.1, -0.05) is 12.1 Å². The van der Waals surface area contributed by atoms with Crippen LogP contribution in [0.2, 0.25) is 0 Å². The molecule has 0 radical (unpaired) electrons. The first kappa shape index (κ1) is 24.2. The van der Waals surface area contributed by atoms with Crippen molar-refractivity contribution < 1.29 is 19.1 Å². The summed E-state index contributed by atoms with van der Waals surface area (Å²) >= 11 is 0. The number of aromatic nitrogens is 4. The Labute approximate surface area is 214 Å². The highest BCUT2D eigenvalue weighted by Gasteiger charge is 2.33. The molecule has 0 spiro atoms. The highest BCUT2D eigenvalue weighted by atomic mass is 16.5. The number of carbonyl (C=O) groups excluding carboxylic acids is 2. The Hall–Kier alpha value is -4.53. The maximum Gasteiger partial charge on any atom is 0.308 e. The van der Waals surface area contributed by atoms with Crippen molar-refractivity contribution in [1.29, 1.82) is 0 Å². The van der Waals surface area contributed by atoms with Gasteiger partial charge < -0.3 is 18.9 Å². The van der Waals surface area contributed by atoms with E-state index < -0.39 is 6.04 Å². The van der Waals surface area contributed by atoms with E-state index in [4.69, 9.17) is 9.47 Å². The zero-order valence-electron chi connectivity index (χ0n) is 20.7. The third-order valence-electron chi connectivity index (χ3n) is 6.31. The summed E-state index contributed by atoms with van der Waals surface area (Å²) in [6.07, 6.45) is 9.20. The van der Waals surface area contributed by atoms with Gasteiger partial charge in [-0.25, -0.2) is 15.0 Å². The van der Waals surface area contributed by atoms with Gasteiger partial charge in [0, 0.05) is 43.1 Å². The third-order valence-corrected chi connectivity index (χ3v) is 6.31. The summed E-state index contributed by atoms with van der Waals surface area (Å²) in [7, 11) is 1.54. The third kappa shape index (κ3) is 5.20. The molecule has 9 nitrogen and oxygen atoms in total. The first-order valence-electron chi connectivity index (χ1n) is 12.1. The average molecular weight is 498 g/mol. The van der Waals surface area contributed by atoms with Crippen LogP contribution in [0.15, 0.2) is 61.1 Å². The molecule has 0 N–H and O–H groups in total. The Morgan fingerprint density at radius 2 is 2.03 bits per heavy atom. The Kier molecular flexibility index (Phi) is 6.93. The lowest BCUT2D eigenvalue weighted by Gasteiger charge is -2.35. The van der Waals surface area contributed by atoms with Crippen LogP contribution >= 0.6 is 0 Å². The van der Waals surface area contributed by atoms with Gasteiger partial charge >= 0.3 is 5.97 Å². The van der Waals surface area contributed by atoms with Crippen LogP contribution < -0.4 is 4.74 Å². The van der Waals surface area contributed by atoms with Crippen molar-refractivity contribution in [1.82, 2.24) is 24.4 Å². The van der Waals surface area contributed by atoms with E-state index in [-0.39, 0.29) is 24.9 Å². The first-order valence-corrected chi connectivity index (χ1v) is 12.1. The molecule has 4 aromatic heterocycles. The first-order chi connectivity index (χ1) is 18.1. The molecule has 37 heavy (non-hydrogen) atoms. The summed E-state index contributed by atoms with van der Waals surface area (Å²) in [5, 5.41) is 0.981. The molecule has 0 aromatic carbocycles. The van der Waals surface area contributed by atoms with E-state index in [2.05, 4.69) is 15.0 Å². The molecule has 0 unspecified atom stereocenters. The number of hydrogen-bond donors (Lipinski definition) is 0. The monoisotopic (exact) mass is 497 g/mol. The van der Waals surface area contributed by atoms with Gasteiger partial charge in [0.1, 0.15) is 5.69 Å². The molecule has 5 heterocycles. The normalized spacial score (nSPS) is 14.1. The Morgan fingerprint density at radius 3 is 2.81 bits per heavy atom. The predicted octanol–water partition coefficient (Wildman–Crippen LogP) is 4.16. The minimum Gasteiger partial charge on any atom is -0.481 e. The molecule has 0 bridgehead atoms. The fourth-order valence-electron chi connectivity index (χ4n) is 4.49. The number of rotatable bonds is 8. The van der Waals surface area contributed by atoms with Gasteiger partial charge in [-0.2, -0.15) is 0 Å². The largest absolute Gasteiger partial charge is 0.481 e. The second-order valence-corrected chi connectivity index (χ2v) is 8.63. The molecule has 1 amide bonds. The highest BCUT2D eigenvalue weighted by Crippen LogP contribution is 2.30. The van der Waals surface area contributed by atoms with Crippen molar-refractivity contribution in [2.24, 2.45) is 0 Å². The molecule has 0 fully saturated rings. The number of fused-ring (bicyclic) bond motifs is 2. The smallest absolute Gasteiger partial charge is 0.308 e. The van der Waals surface area contributed by atoms with Crippen molar-refractivity contribution in [2.75, 3.05) is 20.3 Å². The van der Waals surface area contributed by atoms with Crippen LogP contribution in [0.1, 0.15) is 46.7 Å². The Bertz CT molecular complexity index is 1460. The summed E-state index contributed by atoms with van der Waals surface area (Å²) in [5.74, 6) is -0.0484. The topological polar surface area (TPSA) is 99.4 Å². The van der Waals surface area contributed by atoms with E-state index in [1.807, 2.05) is 59.3 Å². The van der Waals surface area contributed by atoms with Gasteiger partial charge in [-0.3, -0.25) is 9.59 Å².